The second kappa shape index (κ2) is 18.1. The van der Waals surface area contributed by atoms with Gasteiger partial charge < -0.3 is 24.8 Å². The van der Waals surface area contributed by atoms with Crippen LogP contribution in [0.5, 0.6) is 11.5 Å². The summed E-state index contributed by atoms with van der Waals surface area (Å²) in [5.41, 5.74) is -1.44. The zero-order valence-corrected chi connectivity index (χ0v) is 39.6. The summed E-state index contributed by atoms with van der Waals surface area (Å²) >= 11 is 1.33. The zero-order valence-electron chi connectivity index (χ0n) is 37.9. The summed E-state index contributed by atoms with van der Waals surface area (Å²) in [7, 11) is -4.14. The van der Waals surface area contributed by atoms with Gasteiger partial charge in [0, 0.05) is 36.2 Å². The molecule has 2 aliphatic carbocycles. The lowest BCUT2D eigenvalue weighted by molar-refractivity contribution is -0.222. The topological polar surface area (TPSA) is 197 Å². The molecule has 1 aromatic carbocycles. The van der Waals surface area contributed by atoms with Gasteiger partial charge in [-0.05, 0) is 109 Å². The van der Waals surface area contributed by atoms with E-state index >= 15 is 4.79 Å². The normalized spacial score (nSPS) is 26.9. The van der Waals surface area contributed by atoms with Crippen molar-refractivity contribution in [3.8, 4) is 33.3 Å². The van der Waals surface area contributed by atoms with Crippen LogP contribution in [0.1, 0.15) is 93.4 Å². The van der Waals surface area contributed by atoms with Gasteiger partial charge in [0.05, 0.1) is 39.2 Å². The Morgan fingerprint density at radius 2 is 1.74 bits per heavy atom. The fourth-order valence-electron chi connectivity index (χ4n) is 8.94. The van der Waals surface area contributed by atoms with Gasteiger partial charge in [-0.25, -0.2) is 18.2 Å². The molecular formula is C46H57F3N6O9S2. The number of benzene rings is 1. The highest BCUT2D eigenvalue weighted by Gasteiger charge is 2.64. The lowest BCUT2D eigenvalue weighted by Gasteiger charge is -2.45. The molecule has 3 aromatic rings. The van der Waals surface area contributed by atoms with Crippen LogP contribution in [-0.4, -0.2) is 110 Å². The molecule has 15 nitrogen and oxygen atoms in total. The number of alkyl halides is 3. The first kappa shape index (κ1) is 48.7. The minimum atomic E-state index is -5.11. The summed E-state index contributed by atoms with van der Waals surface area (Å²) in [6.45, 7) is 9.76. The maximum Gasteiger partial charge on any atom is 0.411 e. The Bertz CT molecular complexity index is 2460. The number of hydrogen-bond donors (Lipinski definition) is 3. The van der Waals surface area contributed by atoms with Crippen molar-refractivity contribution >= 4 is 45.2 Å². The molecule has 20 heteroatoms. The molecule has 66 heavy (non-hydrogen) atoms. The second-order valence-corrected chi connectivity index (χ2v) is 22.3. The summed E-state index contributed by atoms with van der Waals surface area (Å²) in [5, 5.41) is 13.3. The molecule has 4 heterocycles. The van der Waals surface area contributed by atoms with Crippen LogP contribution in [-0.2, 0) is 24.4 Å². The third-order valence-corrected chi connectivity index (χ3v) is 16.2. The van der Waals surface area contributed by atoms with Gasteiger partial charge in [-0.15, -0.1) is 11.3 Å². The zero-order chi connectivity index (χ0) is 48.1. The van der Waals surface area contributed by atoms with Crippen LogP contribution >= 0.6 is 11.3 Å². The van der Waals surface area contributed by atoms with Crippen molar-refractivity contribution < 1.29 is 55.3 Å². The highest BCUT2D eigenvalue weighted by Crippen LogP contribution is 2.48. The van der Waals surface area contributed by atoms with Gasteiger partial charge in [0.25, 0.3) is 5.91 Å². The van der Waals surface area contributed by atoms with Crippen molar-refractivity contribution in [2.45, 2.75) is 140 Å². The van der Waals surface area contributed by atoms with E-state index < -0.39 is 85.9 Å². The number of ether oxygens (including phenoxy) is 2. The number of allylic oxidation sites excluding steroid dienone is 1. The van der Waals surface area contributed by atoms with Crippen molar-refractivity contribution in [1.29, 1.82) is 0 Å². The van der Waals surface area contributed by atoms with Crippen LogP contribution in [0.3, 0.4) is 0 Å². The number of hydrogen-bond acceptors (Lipinski definition) is 11. The summed E-state index contributed by atoms with van der Waals surface area (Å²) in [5.74, 6) is -3.74. The maximum absolute atomic E-state index is 15.2. The Labute approximate surface area is 386 Å². The van der Waals surface area contributed by atoms with Crippen LogP contribution in [0.15, 0.2) is 60.3 Å². The Balaban J connectivity index is 1.29. The number of rotatable bonds is 11. The van der Waals surface area contributed by atoms with E-state index in [1.165, 1.54) is 25.2 Å². The van der Waals surface area contributed by atoms with Gasteiger partial charge in [-0.2, -0.15) is 13.2 Å². The number of aromatic nitrogens is 2. The lowest BCUT2D eigenvalue weighted by Crippen LogP contribution is -2.66. The number of thiazole rings is 1. The fraction of sp³-hybridized carbons (Fsp3) is 0.565. The molecule has 1 saturated heterocycles. The lowest BCUT2D eigenvalue weighted by atomic mass is 9.85. The number of carbonyl (C=O) groups excluding carboxylic acids is 3. The largest absolute Gasteiger partial charge is 0.491 e. The fourth-order valence-corrected chi connectivity index (χ4v) is 10.8. The van der Waals surface area contributed by atoms with Crippen LogP contribution in [0.2, 0.25) is 0 Å². The van der Waals surface area contributed by atoms with Crippen molar-refractivity contribution in [3.63, 3.8) is 0 Å². The number of amides is 4. The van der Waals surface area contributed by atoms with Crippen molar-refractivity contribution in [1.82, 2.24) is 29.8 Å². The van der Waals surface area contributed by atoms with E-state index in [4.69, 9.17) is 14.5 Å². The minimum absolute atomic E-state index is 0.0421. The number of nitrogens with zero attached hydrogens (tertiary/aromatic N) is 4. The molecule has 0 spiro atoms. The van der Waals surface area contributed by atoms with E-state index in [2.05, 4.69) is 15.0 Å². The molecule has 4 aliphatic rings. The average Bonchev–Trinajstić information content (AvgIpc) is 3.98. The molecular weight excluding hydrogens is 902 g/mol. The molecule has 4 amide bonds. The molecule has 2 saturated carbocycles. The first-order chi connectivity index (χ1) is 30.9. The van der Waals surface area contributed by atoms with E-state index in [1.54, 1.807) is 42.0 Å². The smallest absolute Gasteiger partial charge is 0.411 e. The standard InChI is InChI=1S/C46H57F3N6O9S2/c1-26(2)63-31-14-12-29(13-15-31)34-19-32(20-35(51-34)37-23-50-25-65-37)64-33-21-36-39(56)52-45(41(58)53-66(61,62)44(7)16-17-44)22-30(45)11-9-8-10-27(3)18-28(4)38(40(57)54(36)24-33)55(42(59)60)43(5,6)46(47,48)49/h9,11-15,19-20,23,25-28,30,33,36,38H,8,10,16-18,21-22,24H2,1-7H3,(H,52,56)(H,53,58)(H,59,60)/t27-,28+,30+,33+,36-,38-,45+/m0/s1. The Hall–Kier alpha value is -5.24. The van der Waals surface area contributed by atoms with Crippen LogP contribution in [0.25, 0.3) is 21.8 Å². The molecule has 358 valence electrons. The highest BCUT2D eigenvalue weighted by atomic mass is 32.2. The molecule has 7 rings (SSSR count). The Kier molecular flexibility index (Phi) is 13.4. The van der Waals surface area contributed by atoms with Crippen molar-refractivity contribution in [2.24, 2.45) is 17.8 Å². The first-order valence-electron chi connectivity index (χ1n) is 22.2. The van der Waals surface area contributed by atoms with Gasteiger partial charge in [-0.1, -0.05) is 26.0 Å². The number of carboxylic acid groups (broad SMARTS) is 1. The summed E-state index contributed by atoms with van der Waals surface area (Å²) in [6, 6.07) is 7.19. The summed E-state index contributed by atoms with van der Waals surface area (Å²) in [6.07, 6.45) is -1.32. The molecule has 3 fully saturated rings. The van der Waals surface area contributed by atoms with Gasteiger partial charge in [0.15, 0.2) is 0 Å². The molecule has 3 N–H and O–H groups in total. The van der Waals surface area contributed by atoms with E-state index in [0.29, 0.717) is 67.1 Å². The Morgan fingerprint density at radius 1 is 1.06 bits per heavy atom. The third kappa shape index (κ3) is 9.89. The molecule has 0 radical (unpaired) electrons. The number of pyridine rings is 1. The summed E-state index contributed by atoms with van der Waals surface area (Å²) in [4.78, 5) is 68.1. The van der Waals surface area contributed by atoms with Crippen LogP contribution in [0.4, 0.5) is 18.0 Å². The average molecular weight is 959 g/mol. The molecule has 2 aliphatic heterocycles. The van der Waals surface area contributed by atoms with Gasteiger partial charge in [0.1, 0.15) is 40.8 Å². The Morgan fingerprint density at radius 3 is 2.35 bits per heavy atom. The van der Waals surface area contributed by atoms with Crippen LogP contribution < -0.4 is 19.5 Å². The molecule has 2 aromatic heterocycles. The first-order valence-corrected chi connectivity index (χ1v) is 24.5. The predicted molar refractivity (Wildman–Crippen MR) is 240 cm³/mol. The minimum Gasteiger partial charge on any atom is -0.491 e. The maximum atomic E-state index is 15.2. The number of fused-ring (bicyclic) bond motifs is 2. The van der Waals surface area contributed by atoms with E-state index in [0.717, 1.165) is 4.90 Å². The molecule has 0 unspecified atom stereocenters. The SMILES string of the molecule is CC(C)Oc1ccc(-c2cc(O[C@@H]3C[C@H]4C(=O)N[C@]5(C(=O)NS(=O)(=O)C6(C)CC6)C[C@H]5C=CCC[C@H](C)C[C@@H](C)[C@H](N(C(=O)O)C(C)(C)C(F)(F)F)C(=O)N4C3)cc(-c3cncs3)n2)cc1. The van der Waals surface area contributed by atoms with Crippen molar-refractivity contribution in [3.05, 3.63) is 60.3 Å². The van der Waals surface area contributed by atoms with E-state index in [9.17, 15) is 41.1 Å². The number of nitrogens with one attached hydrogen (secondary N) is 2. The number of halogens is 3. The van der Waals surface area contributed by atoms with Gasteiger partial charge in [0.2, 0.25) is 21.8 Å². The molecule has 7 atom stereocenters. The highest BCUT2D eigenvalue weighted by molar-refractivity contribution is 7.91. The van der Waals surface area contributed by atoms with Crippen LogP contribution in [0, 0.1) is 17.8 Å². The van der Waals surface area contributed by atoms with Gasteiger partial charge >= 0.3 is 12.3 Å². The van der Waals surface area contributed by atoms with E-state index in [1.807, 2.05) is 39.0 Å². The third-order valence-electron chi connectivity index (χ3n) is 13.3. The molecule has 0 bridgehead atoms. The summed E-state index contributed by atoms with van der Waals surface area (Å²) < 4.78 is 84.6. The second-order valence-electron chi connectivity index (χ2n) is 19.2. The predicted octanol–water partition coefficient (Wildman–Crippen LogP) is 7.58. The number of sulfonamides is 1. The van der Waals surface area contributed by atoms with E-state index in [-0.39, 0.29) is 48.5 Å². The monoisotopic (exact) mass is 958 g/mol. The quantitative estimate of drug-likeness (QED) is 0.160. The number of carbonyl (C=O) groups is 4. The van der Waals surface area contributed by atoms with Gasteiger partial charge in [-0.3, -0.25) is 29.0 Å². The van der Waals surface area contributed by atoms with Crippen molar-refractivity contribution in [2.75, 3.05) is 6.54 Å².